The average molecular weight is 405 g/mol. The number of rotatable bonds is 4. The lowest BCUT2D eigenvalue weighted by Gasteiger charge is -2.21. The molecule has 1 aromatic heterocycles. The SMILES string of the molecule is CC1(C)C[C@@]2(C[C@@](C)(C(=O)CSc3nc4ccccc4s3)OC2=O)C(=O)O1. The minimum absolute atomic E-state index is 0.0281. The summed E-state index contributed by atoms with van der Waals surface area (Å²) in [6.07, 6.45) is 0.256. The molecule has 2 aromatic rings. The van der Waals surface area contributed by atoms with Gasteiger partial charge in [0.05, 0.1) is 16.0 Å². The van der Waals surface area contributed by atoms with Gasteiger partial charge in [-0.1, -0.05) is 23.9 Å². The second-order valence-electron chi connectivity index (χ2n) is 7.86. The van der Waals surface area contributed by atoms with Gasteiger partial charge >= 0.3 is 11.9 Å². The number of aromatic nitrogens is 1. The maximum atomic E-state index is 12.8. The summed E-state index contributed by atoms with van der Waals surface area (Å²) in [5.74, 6) is -1.35. The second-order valence-corrected chi connectivity index (χ2v) is 10.1. The summed E-state index contributed by atoms with van der Waals surface area (Å²) in [5, 5.41) is 0. The highest BCUT2D eigenvalue weighted by molar-refractivity contribution is 8.01. The van der Waals surface area contributed by atoms with Crippen molar-refractivity contribution in [1.82, 2.24) is 4.98 Å². The van der Waals surface area contributed by atoms with Gasteiger partial charge in [0.25, 0.3) is 0 Å². The third-order valence-electron chi connectivity index (χ3n) is 5.03. The maximum absolute atomic E-state index is 12.8. The molecule has 2 aliphatic heterocycles. The molecule has 27 heavy (non-hydrogen) atoms. The van der Waals surface area contributed by atoms with E-state index in [4.69, 9.17) is 9.47 Å². The molecule has 6 nitrogen and oxygen atoms in total. The monoisotopic (exact) mass is 405 g/mol. The number of hydrogen-bond donors (Lipinski definition) is 0. The average Bonchev–Trinajstić information content (AvgIpc) is 3.18. The third-order valence-corrected chi connectivity index (χ3v) is 7.21. The lowest BCUT2D eigenvalue weighted by atomic mass is 9.75. The molecule has 142 valence electrons. The topological polar surface area (TPSA) is 82.6 Å². The van der Waals surface area contributed by atoms with E-state index >= 15 is 0 Å². The van der Waals surface area contributed by atoms with Crippen LogP contribution in [0.1, 0.15) is 33.6 Å². The van der Waals surface area contributed by atoms with Crippen LogP contribution in [0.3, 0.4) is 0 Å². The molecule has 1 spiro atoms. The highest BCUT2D eigenvalue weighted by Crippen LogP contribution is 2.52. The van der Waals surface area contributed by atoms with Gasteiger partial charge in [-0.3, -0.25) is 14.4 Å². The van der Waals surface area contributed by atoms with Gasteiger partial charge in [-0.25, -0.2) is 4.98 Å². The van der Waals surface area contributed by atoms with E-state index in [1.165, 1.54) is 23.1 Å². The van der Waals surface area contributed by atoms with Crippen molar-refractivity contribution in [2.75, 3.05) is 5.75 Å². The van der Waals surface area contributed by atoms with Crippen molar-refractivity contribution in [3.8, 4) is 0 Å². The minimum atomic E-state index is -1.37. The Kier molecular flexibility index (Phi) is 4.12. The molecule has 2 aliphatic rings. The van der Waals surface area contributed by atoms with Gasteiger partial charge in [0.2, 0.25) is 0 Å². The normalized spacial score (nSPS) is 29.3. The van der Waals surface area contributed by atoms with Crippen molar-refractivity contribution >= 4 is 51.0 Å². The van der Waals surface area contributed by atoms with E-state index in [1.807, 2.05) is 24.3 Å². The summed E-state index contributed by atoms with van der Waals surface area (Å²) < 4.78 is 12.6. The minimum Gasteiger partial charge on any atom is -0.459 e. The number of thiazole rings is 1. The molecule has 0 bridgehead atoms. The fourth-order valence-corrected chi connectivity index (χ4v) is 5.91. The highest BCUT2D eigenvalue weighted by Gasteiger charge is 2.67. The number of carbonyl (C=O) groups is 3. The predicted molar refractivity (Wildman–Crippen MR) is 102 cm³/mol. The van der Waals surface area contributed by atoms with Crippen LogP contribution >= 0.6 is 23.1 Å². The van der Waals surface area contributed by atoms with Crippen molar-refractivity contribution in [3.63, 3.8) is 0 Å². The number of esters is 2. The molecule has 3 heterocycles. The number of carbonyl (C=O) groups excluding carboxylic acids is 3. The van der Waals surface area contributed by atoms with Crippen molar-refractivity contribution in [3.05, 3.63) is 24.3 Å². The molecular weight excluding hydrogens is 386 g/mol. The Balaban J connectivity index is 1.48. The largest absolute Gasteiger partial charge is 0.459 e. The molecule has 2 atom stereocenters. The summed E-state index contributed by atoms with van der Waals surface area (Å²) in [4.78, 5) is 42.2. The molecule has 0 aliphatic carbocycles. The van der Waals surface area contributed by atoms with Crippen LogP contribution in [-0.2, 0) is 23.9 Å². The molecular formula is C19H19NO5S2. The van der Waals surface area contributed by atoms with Gasteiger partial charge in [-0.2, -0.15) is 0 Å². The summed E-state index contributed by atoms with van der Waals surface area (Å²) in [6.45, 7) is 5.10. The van der Waals surface area contributed by atoms with Crippen molar-refractivity contribution in [1.29, 1.82) is 0 Å². The first kappa shape index (κ1) is 18.4. The van der Waals surface area contributed by atoms with Crippen molar-refractivity contribution < 1.29 is 23.9 Å². The van der Waals surface area contributed by atoms with Gasteiger partial charge in [-0.05, 0) is 32.9 Å². The number of thioether (sulfide) groups is 1. The van der Waals surface area contributed by atoms with E-state index in [-0.39, 0.29) is 24.4 Å². The zero-order valence-electron chi connectivity index (χ0n) is 15.2. The van der Waals surface area contributed by atoms with Crippen LogP contribution in [0.15, 0.2) is 28.6 Å². The number of ether oxygens (including phenoxy) is 2. The Morgan fingerprint density at radius 1 is 1.15 bits per heavy atom. The quantitative estimate of drug-likeness (QED) is 0.438. The van der Waals surface area contributed by atoms with Crippen molar-refractivity contribution in [2.24, 2.45) is 5.41 Å². The maximum Gasteiger partial charge on any atom is 0.324 e. The van der Waals surface area contributed by atoms with Gasteiger partial charge in [0.1, 0.15) is 5.60 Å². The van der Waals surface area contributed by atoms with Crippen molar-refractivity contribution in [2.45, 2.75) is 49.2 Å². The summed E-state index contributed by atoms with van der Waals surface area (Å²) in [7, 11) is 0. The van der Waals surface area contributed by atoms with Gasteiger partial charge in [0, 0.05) is 12.8 Å². The smallest absolute Gasteiger partial charge is 0.324 e. The van der Waals surface area contributed by atoms with Gasteiger partial charge in [0.15, 0.2) is 21.1 Å². The second kappa shape index (κ2) is 6.04. The van der Waals surface area contributed by atoms with Gasteiger partial charge in [-0.15, -0.1) is 11.3 Å². The number of hydrogen-bond acceptors (Lipinski definition) is 8. The molecule has 1 aromatic carbocycles. The molecule has 0 N–H and O–H groups in total. The fourth-order valence-electron chi connectivity index (χ4n) is 3.81. The lowest BCUT2D eigenvalue weighted by Crippen LogP contribution is -2.38. The van der Waals surface area contributed by atoms with E-state index in [0.29, 0.717) is 0 Å². The summed E-state index contributed by atoms with van der Waals surface area (Å²) in [6, 6.07) is 7.77. The van der Waals surface area contributed by atoms with E-state index in [1.54, 1.807) is 20.8 Å². The first-order valence-corrected chi connectivity index (χ1v) is 10.4. The van der Waals surface area contributed by atoms with Crippen LogP contribution in [0.2, 0.25) is 0 Å². The van der Waals surface area contributed by atoms with E-state index in [0.717, 1.165) is 14.6 Å². The fraction of sp³-hybridized carbons (Fsp3) is 0.474. The summed E-state index contributed by atoms with van der Waals surface area (Å²) in [5.41, 5.74) is -2.53. The third kappa shape index (κ3) is 3.04. The Morgan fingerprint density at radius 3 is 2.52 bits per heavy atom. The molecule has 0 amide bonds. The number of cyclic esters (lactones) is 2. The number of ketones is 1. The van der Waals surface area contributed by atoms with Gasteiger partial charge < -0.3 is 9.47 Å². The Bertz CT molecular complexity index is 935. The molecule has 2 saturated heterocycles. The molecule has 0 unspecified atom stereocenters. The predicted octanol–water partition coefficient (Wildman–Crippen LogP) is 3.38. The molecule has 2 fully saturated rings. The zero-order chi connectivity index (χ0) is 19.4. The Morgan fingerprint density at radius 2 is 1.85 bits per heavy atom. The Labute approximate surface area is 164 Å². The molecule has 0 radical (unpaired) electrons. The zero-order valence-corrected chi connectivity index (χ0v) is 16.9. The number of benzene rings is 1. The van der Waals surface area contributed by atoms with E-state index < -0.39 is 28.6 Å². The summed E-state index contributed by atoms with van der Waals surface area (Å²) >= 11 is 2.84. The van der Waals surface area contributed by atoms with Crippen LogP contribution in [0.25, 0.3) is 10.2 Å². The number of fused-ring (bicyclic) bond motifs is 1. The number of para-hydroxylation sites is 1. The van der Waals surface area contributed by atoms with Crippen LogP contribution in [0.4, 0.5) is 0 Å². The van der Waals surface area contributed by atoms with Crippen LogP contribution in [0.5, 0.6) is 0 Å². The van der Waals surface area contributed by atoms with Crippen LogP contribution in [-0.4, -0.2) is 39.7 Å². The number of nitrogens with zero attached hydrogens (tertiary/aromatic N) is 1. The molecule has 4 rings (SSSR count). The van der Waals surface area contributed by atoms with Crippen LogP contribution in [0, 0.1) is 5.41 Å². The van der Waals surface area contributed by atoms with E-state index in [9.17, 15) is 14.4 Å². The molecule has 0 saturated carbocycles. The molecule has 8 heteroatoms. The Hall–Kier alpha value is -1.93. The first-order valence-electron chi connectivity index (χ1n) is 8.62. The van der Waals surface area contributed by atoms with E-state index in [2.05, 4.69) is 4.98 Å². The standard InChI is InChI=1S/C19H19NO5S2/c1-17(2)9-19(14(22)24-17)10-18(3,25-15(19)23)13(21)8-26-16-20-11-6-4-5-7-12(11)27-16/h4-7H,8-10H2,1-3H3/t18-,19+/m0/s1. The number of Topliss-reactive ketones (excluding diaryl/α,β-unsaturated/α-hetero) is 1. The lowest BCUT2D eigenvalue weighted by molar-refractivity contribution is -0.162. The van der Waals surface area contributed by atoms with Crippen LogP contribution < -0.4 is 0 Å². The highest BCUT2D eigenvalue weighted by atomic mass is 32.2. The first-order chi connectivity index (χ1) is 12.6.